The number of hydrazine groups is 1. The molecule has 4 rings (SSSR count). The van der Waals surface area contributed by atoms with Crippen molar-refractivity contribution < 1.29 is 4.42 Å². The molecule has 2 fully saturated rings. The van der Waals surface area contributed by atoms with Crippen molar-refractivity contribution in [3.05, 3.63) is 48.4 Å². The van der Waals surface area contributed by atoms with Crippen LogP contribution in [-0.2, 0) is 6.54 Å². The first-order chi connectivity index (χ1) is 9.90. The van der Waals surface area contributed by atoms with Crippen LogP contribution >= 0.6 is 0 Å². The van der Waals surface area contributed by atoms with E-state index < -0.39 is 0 Å². The Morgan fingerprint density at radius 1 is 1.10 bits per heavy atom. The number of hydrogen-bond donors (Lipinski definition) is 1. The predicted octanol–water partition coefficient (Wildman–Crippen LogP) is 3.58. The van der Waals surface area contributed by atoms with Crippen molar-refractivity contribution in [3.8, 4) is 11.1 Å². The largest absolute Gasteiger partial charge is 0.472 e. The van der Waals surface area contributed by atoms with E-state index in [0.29, 0.717) is 0 Å². The van der Waals surface area contributed by atoms with Gasteiger partial charge in [-0.1, -0.05) is 24.3 Å². The number of benzene rings is 1. The molecular formula is C17H20N2O. The molecule has 0 amide bonds. The maximum Gasteiger partial charge on any atom is 0.0981 e. The van der Waals surface area contributed by atoms with Gasteiger partial charge in [0.2, 0.25) is 0 Å². The zero-order valence-electron chi connectivity index (χ0n) is 11.6. The number of nitrogens with zero attached hydrogens (tertiary/aromatic N) is 1. The molecule has 1 heterocycles. The van der Waals surface area contributed by atoms with Crippen molar-refractivity contribution in [1.82, 2.24) is 10.4 Å². The van der Waals surface area contributed by atoms with Crippen LogP contribution in [0.4, 0.5) is 0 Å². The van der Waals surface area contributed by atoms with E-state index in [0.717, 1.165) is 18.6 Å². The second-order valence-electron chi connectivity index (χ2n) is 5.93. The highest BCUT2D eigenvalue weighted by Gasteiger charge is 2.33. The zero-order valence-corrected chi connectivity index (χ0v) is 11.6. The van der Waals surface area contributed by atoms with Crippen molar-refractivity contribution in [3.63, 3.8) is 0 Å². The van der Waals surface area contributed by atoms with E-state index in [1.165, 1.54) is 42.4 Å². The van der Waals surface area contributed by atoms with Gasteiger partial charge in [-0.25, -0.2) is 5.01 Å². The first-order valence-electron chi connectivity index (χ1n) is 7.53. The summed E-state index contributed by atoms with van der Waals surface area (Å²) in [5.41, 5.74) is 7.50. The van der Waals surface area contributed by atoms with Gasteiger partial charge in [-0.3, -0.25) is 5.43 Å². The van der Waals surface area contributed by atoms with Crippen molar-refractivity contribution in [2.75, 3.05) is 0 Å². The van der Waals surface area contributed by atoms with Gasteiger partial charge in [0.15, 0.2) is 0 Å². The lowest BCUT2D eigenvalue weighted by Gasteiger charge is -2.24. The summed E-state index contributed by atoms with van der Waals surface area (Å²) in [6, 6.07) is 12.1. The molecule has 0 atom stereocenters. The lowest BCUT2D eigenvalue weighted by Crippen LogP contribution is -2.40. The minimum absolute atomic E-state index is 0.719. The van der Waals surface area contributed by atoms with Crippen LogP contribution in [0.25, 0.3) is 11.1 Å². The summed E-state index contributed by atoms with van der Waals surface area (Å²) in [5.74, 6) is 0. The van der Waals surface area contributed by atoms with Gasteiger partial charge in [-0.2, -0.15) is 0 Å². The molecule has 0 unspecified atom stereocenters. The van der Waals surface area contributed by atoms with Crippen LogP contribution in [0.15, 0.2) is 47.3 Å². The molecule has 2 aliphatic rings. The zero-order chi connectivity index (χ0) is 13.4. The number of rotatable bonds is 6. The summed E-state index contributed by atoms with van der Waals surface area (Å²) in [5, 5.41) is 2.45. The molecule has 3 nitrogen and oxygen atoms in total. The molecule has 0 radical (unpaired) electrons. The molecule has 0 bridgehead atoms. The number of hydrogen-bond acceptors (Lipinski definition) is 3. The van der Waals surface area contributed by atoms with Gasteiger partial charge in [-0.05, 0) is 42.9 Å². The first-order valence-corrected chi connectivity index (χ1v) is 7.53. The van der Waals surface area contributed by atoms with Crippen LogP contribution in [0.1, 0.15) is 31.2 Å². The molecule has 20 heavy (non-hydrogen) atoms. The van der Waals surface area contributed by atoms with E-state index in [-0.39, 0.29) is 0 Å². The van der Waals surface area contributed by atoms with Gasteiger partial charge in [0.1, 0.15) is 0 Å². The van der Waals surface area contributed by atoms with E-state index in [1.807, 2.05) is 12.3 Å². The van der Waals surface area contributed by atoms with Crippen LogP contribution in [0.3, 0.4) is 0 Å². The normalized spacial score (nSPS) is 18.6. The summed E-state index contributed by atoms with van der Waals surface area (Å²) in [4.78, 5) is 0. The average Bonchev–Trinajstić information content (AvgIpc) is 3.39. The average molecular weight is 268 g/mol. The molecule has 2 aliphatic carbocycles. The van der Waals surface area contributed by atoms with Gasteiger partial charge in [0.05, 0.1) is 12.5 Å². The fourth-order valence-electron chi connectivity index (χ4n) is 2.65. The summed E-state index contributed by atoms with van der Waals surface area (Å²) in [7, 11) is 0. The Labute approximate surface area is 119 Å². The molecule has 2 saturated carbocycles. The molecule has 1 aromatic carbocycles. The summed E-state index contributed by atoms with van der Waals surface area (Å²) in [6.07, 6.45) is 8.88. The fourth-order valence-corrected chi connectivity index (χ4v) is 2.65. The molecule has 3 heteroatoms. The summed E-state index contributed by atoms with van der Waals surface area (Å²) in [6.45, 7) is 0.975. The van der Waals surface area contributed by atoms with E-state index in [2.05, 4.69) is 34.7 Å². The van der Waals surface area contributed by atoms with Crippen molar-refractivity contribution in [2.45, 2.75) is 44.3 Å². The molecule has 1 aromatic heterocycles. The predicted molar refractivity (Wildman–Crippen MR) is 78.9 cm³/mol. The van der Waals surface area contributed by atoms with Gasteiger partial charge in [-0.15, -0.1) is 0 Å². The van der Waals surface area contributed by atoms with Crippen LogP contribution in [0.2, 0.25) is 0 Å². The third-order valence-corrected chi connectivity index (χ3v) is 4.10. The Bertz CT molecular complexity index is 570. The molecule has 2 aromatic rings. The Kier molecular flexibility index (Phi) is 3.09. The Morgan fingerprint density at radius 3 is 2.65 bits per heavy atom. The smallest absolute Gasteiger partial charge is 0.0981 e. The SMILES string of the molecule is c1ccc(-c2ccoc2)c(CN(NC2CC2)C2CC2)c1. The molecule has 0 aliphatic heterocycles. The second kappa shape index (κ2) is 5.08. The standard InChI is InChI=1S/C17H20N2O/c1-2-4-17(14-9-10-20-12-14)13(3-1)11-19(16-7-8-16)18-15-5-6-15/h1-4,9-10,12,15-16,18H,5-8,11H2. The summed E-state index contributed by atoms with van der Waals surface area (Å²) < 4.78 is 5.23. The monoisotopic (exact) mass is 268 g/mol. The third-order valence-electron chi connectivity index (χ3n) is 4.10. The van der Waals surface area contributed by atoms with Crippen LogP contribution in [0, 0.1) is 0 Å². The fraction of sp³-hybridized carbons (Fsp3) is 0.412. The highest BCUT2D eigenvalue weighted by molar-refractivity contribution is 5.66. The van der Waals surface area contributed by atoms with E-state index >= 15 is 0 Å². The minimum atomic E-state index is 0.719. The summed E-state index contributed by atoms with van der Waals surface area (Å²) >= 11 is 0. The highest BCUT2D eigenvalue weighted by Crippen LogP contribution is 2.32. The Hall–Kier alpha value is -1.58. The van der Waals surface area contributed by atoms with Crippen molar-refractivity contribution in [2.24, 2.45) is 0 Å². The van der Waals surface area contributed by atoms with Crippen molar-refractivity contribution in [1.29, 1.82) is 0 Å². The van der Waals surface area contributed by atoms with E-state index in [4.69, 9.17) is 4.42 Å². The highest BCUT2D eigenvalue weighted by atomic mass is 16.3. The molecule has 0 spiro atoms. The molecule has 1 N–H and O–H groups in total. The van der Waals surface area contributed by atoms with E-state index in [1.54, 1.807) is 6.26 Å². The van der Waals surface area contributed by atoms with Gasteiger partial charge >= 0.3 is 0 Å². The van der Waals surface area contributed by atoms with Crippen LogP contribution < -0.4 is 5.43 Å². The quantitative estimate of drug-likeness (QED) is 0.812. The van der Waals surface area contributed by atoms with Crippen LogP contribution in [0.5, 0.6) is 0 Å². The lowest BCUT2D eigenvalue weighted by atomic mass is 10.0. The topological polar surface area (TPSA) is 28.4 Å². The maximum absolute atomic E-state index is 5.23. The van der Waals surface area contributed by atoms with Gasteiger partial charge in [0.25, 0.3) is 0 Å². The first kappa shape index (κ1) is 12.2. The molecular weight excluding hydrogens is 248 g/mol. The van der Waals surface area contributed by atoms with Crippen LogP contribution in [-0.4, -0.2) is 17.1 Å². The molecule has 0 saturated heterocycles. The minimum Gasteiger partial charge on any atom is -0.472 e. The molecule has 104 valence electrons. The Balaban J connectivity index is 1.57. The Morgan fingerprint density at radius 2 is 1.95 bits per heavy atom. The number of nitrogens with one attached hydrogen (secondary N) is 1. The third kappa shape index (κ3) is 2.65. The van der Waals surface area contributed by atoms with Crippen molar-refractivity contribution >= 4 is 0 Å². The second-order valence-corrected chi connectivity index (χ2v) is 5.93. The van der Waals surface area contributed by atoms with Gasteiger partial charge in [0, 0.05) is 24.2 Å². The lowest BCUT2D eigenvalue weighted by molar-refractivity contribution is 0.163. The van der Waals surface area contributed by atoms with E-state index in [9.17, 15) is 0 Å². The maximum atomic E-state index is 5.23. The number of furan rings is 1. The van der Waals surface area contributed by atoms with Gasteiger partial charge < -0.3 is 4.42 Å².